The Morgan fingerprint density at radius 3 is 2.47 bits per heavy atom. The molecule has 6 aliphatic rings. The van der Waals surface area contributed by atoms with Gasteiger partial charge in [-0.25, -0.2) is 0 Å². The number of ether oxygens (including phenoxy) is 4. The first kappa shape index (κ1) is 22.2. The maximum Gasteiger partial charge on any atom is 0.0796 e. The summed E-state index contributed by atoms with van der Waals surface area (Å²) in [4.78, 5) is 2.62. The van der Waals surface area contributed by atoms with Gasteiger partial charge < -0.3 is 29.2 Å². The molecule has 5 saturated carbocycles. The molecule has 1 saturated heterocycles. The first-order chi connectivity index (χ1) is 15.4. The molecule has 1 spiro atoms. The monoisotopic (exact) mass is 451 g/mol. The quantitative estimate of drug-likeness (QED) is 0.627. The highest BCUT2D eigenvalue weighted by Gasteiger charge is 2.86. The standard InChI is InChI=1S/C25H41NO6/c1-6-26-11-23(12-29-2)8-7-16(31-4)25-14-9-13-15(30-3)10-24(28,17(14)19(13)27)18(22(25)26)20(32-5)21(23)25/h13-22,27-28H,6-12H2,1-5H3/t13?,14-,15+,16?,17-,18?,19?,20?,21-,22?,23+,24-,25?/m1/s1. The molecule has 6 rings (SSSR count). The number of nitrogens with zero attached hydrogens (tertiary/aromatic N) is 1. The molecular formula is C25H41NO6. The Bertz CT molecular complexity index is 767. The number of rotatable bonds is 6. The van der Waals surface area contributed by atoms with E-state index >= 15 is 0 Å². The number of aliphatic hydroxyl groups excluding tert-OH is 1. The van der Waals surface area contributed by atoms with Crippen LogP contribution in [0.1, 0.15) is 32.6 Å². The molecule has 182 valence electrons. The summed E-state index contributed by atoms with van der Waals surface area (Å²) < 4.78 is 24.5. The normalized spacial score (nSPS) is 60.1. The van der Waals surface area contributed by atoms with Gasteiger partial charge in [-0.2, -0.15) is 0 Å². The van der Waals surface area contributed by atoms with Crippen molar-refractivity contribution in [3.8, 4) is 0 Å². The number of hydrogen-bond acceptors (Lipinski definition) is 7. The topological polar surface area (TPSA) is 80.6 Å². The summed E-state index contributed by atoms with van der Waals surface area (Å²) in [6, 6.07) is 0.186. The molecule has 0 aromatic carbocycles. The number of methoxy groups -OCH3 is 4. The number of piperidine rings is 1. The van der Waals surface area contributed by atoms with Gasteiger partial charge in [0.25, 0.3) is 0 Å². The van der Waals surface area contributed by atoms with Crippen LogP contribution in [0.4, 0.5) is 0 Å². The molecular weight excluding hydrogens is 410 g/mol. The molecule has 0 aromatic rings. The van der Waals surface area contributed by atoms with Crippen LogP contribution in [0.3, 0.4) is 0 Å². The summed E-state index contributed by atoms with van der Waals surface area (Å²) in [6.07, 6.45) is 2.89. The largest absolute Gasteiger partial charge is 0.392 e. The lowest BCUT2D eigenvalue weighted by molar-refractivity contribution is -0.276. The fraction of sp³-hybridized carbons (Fsp3) is 1.00. The number of fused-ring (bicyclic) bond motifs is 2. The van der Waals surface area contributed by atoms with Crippen LogP contribution in [0.25, 0.3) is 0 Å². The van der Waals surface area contributed by atoms with Gasteiger partial charge in [0.15, 0.2) is 0 Å². The molecule has 7 nitrogen and oxygen atoms in total. The van der Waals surface area contributed by atoms with E-state index < -0.39 is 11.7 Å². The molecule has 0 amide bonds. The molecule has 6 fully saturated rings. The highest BCUT2D eigenvalue weighted by molar-refractivity contribution is 5.35. The van der Waals surface area contributed by atoms with Crippen LogP contribution in [0.5, 0.6) is 0 Å². The van der Waals surface area contributed by atoms with Gasteiger partial charge in [-0.1, -0.05) is 6.92 Å². The van der Waals surface area contributed by atoms with Crippen LogP contribution >= 0.6 is 0 Å². The summed E-state index contributed by atoms with van der Waals surface area (Å²) in [5, 5.41) is 24.1. The summed E-state index contributed by atoms with van der Waals surface area (Å²) in [6.45, 7) is 4.86. The minimum atomic E-state index is -0.999. The molecule has 0 radical (unpaired) electrons. The van der Waals surface area contributed by atoms with Crippen molar-refractivity contribution in [1.82, 2.24) is 4.90 Å². The first-order valence-corrected chi connectivity index (χ1v) is 12.6. The number of aliphatic hydroxyl groups is 2. The first-order valence-electron chi connectivity index (χ1n) is 12.6. The Kier molecular flexibility index (Phi) is 4.94. The number of likely N-dealkylation sites (tertiary alicyclic amines) is 1. The van der Waals surface area contributed by atoms with Crippen molar-refractivity contribution in [1.29, 1.82) is 0 Å². The van der Waals surface area contributed by atoms with Crippen molar-refractivity contribution in [3.05, 3.63) is 0 Å². The van der Waals surface area contributed by atoms with E-state index in [0.717, 1.165) is 32.4 Å². The minimum Gasteiger partial charge on any atom is -0.392 e. The van der Waals surface area contributed by atoms with Gasteiger partial charge in [0.1, 0.15) is 0 Å². The van der Waals surface area contributed by atoms with Gasteiger partial charge in [-0.05, 0) is 31.7 Å². The van der Waals surface area contributed by atoms with E-state index in [9.17, 15) is 10.2 Å². The summed E-state index contributed by atoms with van der Waals surface area (Å²) >= 11 is 0. The molecule has 5 aliphatic carbocycles. The predicted molar refractivity (Wildman–Crippen MR) is 117 cm³/mol. The molecule has 1 heterocycles. The van der Waals surface area contributed by atoms with Crippen LogP contribution in [-0.4, -0.2) is 99.3 Å². The fourth-order valence-electron chi connectivity index (χ4n) is 11.0. The van der Waals surface area contributed by atoms with E-state index in [2.05, 4.69) is 11.8 Å². The second-order valence-electron chi connectivity index (χ2n) is 11.8. The fourth-order valence-corrected chi connectivity index (χ4v) is 11.0. The van der Waals surface area contributed by atoms with Gasteiger partial charge in [-0.15, -0.1) is 0 Å². The smallest absolute Gasteiger partial charge is 0.0796 e. The van der Waals surface area contributed by atoms with Gasteiger partial charge in [0.05, 0.1) is 36.6 Å². The SMILES string of the molecule is CCN1C[C@]2(COC)CCC(OC)C34C1C(C(OC)[C@@H]32)[C@@]1(O)C[C@H](OC)C2C[C@@H]4[C@@H]1C2O. The molecule has 7 unspecified atom stereocenters. The zero-order valence-corrected chi connectivity index (χ0v) is 20.2. The second kappa shape index (κ2) is 7.12. The second-order valence-corrected chi connectivity index (χ2v) is 11.8. The maximum atomic E-state index is 12.6. The summed E-state index contributed by atoms with van der Waals surface area (Å²) in [7, 11) is 7.23. The van der Waals surface area contributed by atoms with E-state index in [1.54, 1.807) is 7.11 Å². The van der Waals surface area contributed by atoms with Crippen LogP contribution in [0.15, 0.2) is 0 Å². The van der Waals surface area contributed by atoms with E-state index in [1.165, 1.54) is 0 Å². The highest BCUT2D eigenvalue weighted by atomic mass is 16.5. The van der Waals surface area contributed by atoms with Crippen LogP contribution in [0, 0.1) is 40.4 Å². The zero-order chi connectivity index (χ0) is 22.6. The van der Waals surface area contributed by atoms with E-state index in [0.29, 0.717) is 13.0 Å². The Hall–Kier alpha value is -0.280. The van der Waals surface area contributed by atoms with Crippen molar-refractivity contribution < 1.29 is 29.2 Å². The van der Waals surface area contributed by atoms with Crippen LogP contribution in [-0.2, 0) is 18.9 Å². The van der Waals surface area contributed by atoms with Gasteiger partial charge in [0, 0.05) is 81.9 Å². The average Bonchev–Trinajstić information content (AvgIpc) is 3.19. The molecule has 1 aliphatic heterocycles. The van der Waals surface area contributed by atoms with Gasteiger partial charge >= 0.3 is 0 Å². The molecule has 7 heteroatoms. The third-order valence-electron chi connectivity index (χ3n) is 11.4. The Balaban J connectivity index is 1.63. The van der Waals surface area contributed by atoms with Crippen LogP contribution in [0.2, 0.25) is 0 Å². The molecule has 0 aromatic heterocycles. The molecule has 7 bridgehead atoms. The molecule has 13 atom stereocenters. The lowest BCUT2D eigenvalue weighted by atomic mass is 9.43. The highest BCUT2D eigenvalue weighted by Crippen LogP contribution is 2.79. The summed E-state index contributed by atoms with van der Waals surface area (Å²) in [5.74, 6) is 0.310. The van der Waals surface area contributed by atoms with Crippen molar-refractivity contribution in [2.24, 2.45) is 40.4 Å². The Morgan fingerprint density at radius 2 is 1.84 bits per heavy atom. The third kappa shape index (κ3) is 2.19. The lowest BCUT2D eigenvalue weighted by Gasteiger charge is -2.69. The number of hydrogen-bond donors (Lipinski definition) is 2. The van der Waals surface area contributed by atoms with E-state index in [1.807, 2.05) is 21.3 Å². The third-order valence-corrected chi connectivity index (χ3v) is 11.4. The summed E-state index contributed by atoms with van der Waals surface area (Å²) in [5.41, 5.74) is -1.18. The average molecular weight is 452 g/mol. The van der Waals surface area contributed by atoms with Crippen LogP contribution < -0.4 is 0 Å². The Morgan fingerprint density at radius 1 is 1.06 bits per heavy atom. The predicted octanol–water partition coefficient (Wildman–Crippen LogP) is 1.16. The minimum absolute atomic E-state index is 0.0234. The van der Waals surface area contributed by atoms with Gasteiger partial charge in [0.2, 0.25) is 0 Å². The Labute approximate surface area is 191 Å². The van der Waals surface area contributed by atoms with Gasteiger partial charge in [-0.3, -0.25) is 4.90 Å². The van der Waals surface area contributed by atoms with E-state index in [4.69, 9.17) is 18.9 Å². The lowest BCUT2D eigenvalue weighted by Crippen LogP contribution is -2.76. The van der Waals surface area contributed by atoms with Crippen molar-refractivity contribution >= 4 is 0 Å². The molecule has 32 heavy (non-hydrogen) atoms. The van der Waals surface area contributed by atoms with Crippen molar-refractivity contribution in [2.45, 2.75) is 68.7 Å². The van der Waals surface area contributed by atoms with Crippen molar-refractivity contribution in [3.63, 3.8) is 0 Å². The van der Waals surface area contributed by atoms with E-state index in [-0.39, 0.29) is 64.8 Å². The van der Waals surface area contributed by atoms with Crippen molar-refractivity contribution in [2.75, 3.05) is 48.1 Å². The molecule has 2 N–H and O–H groups in total. The maximum absolute atomic E-state index is 12.6. The zero-order valence-electron chi connectivity index (χ0n) is 20.2.